The van der Waals surface area contributed by atoms with Crippen LogP contribution in [0.5, 0.6) is 0 Å². The first-order valence-electron chi connectivity index (χ1n) is 11.9. The molecule has 0 radical (unpaired) electrons. The first kappa shape index (κ1) is 22.5. The Kier molecular flexibility index (Phi) is 7.58. The van der Waals surface area contributed by atoms with Crippen LogP contribution >= 0.6 is 0 Å². The van der Waals surface area contributed by atoms with E-state index in [0.29, 0.717) is 38.8 Å². The summed E-state index contributed by atoms with van der Waals surface area (Å²) in [5.74, 6) is 0.989. The summed E-state index contributed by atoms with van der Waals surface area (Å²) in [4.78, 5) is 31.6. The van der Waals surface area contributed by atoms with E-state index in [9.17, 15) is 9.59 Å². The number of benzene rings is 1. The average Bonchev–Trinajstić information content (AvgIpc) is 3.49. The second kappa shape index (κ2) is 10.8. The highest BCUT2D eigenvalue weighted by molar-refractivity contribution is 6.06. The van der Waals surface area contributed by atoms with E-state index in [2.05, 4.69) is 39.9 Å². The Morgan fingerprint density at radius 1 is 1.06 bits per heavy atom. The summed E-state index contributed by atoms with van der Waals surface area (Å²) >= 11 is 0. The molecular formula is C25H34N4O3. The summed E-state index contributed by atoms with van der Waals surface area (Å²) in [5.41, 5.74) is 1.28. The van der Waals surface area contributed by atoms with E-state index < -0.39 is 0 Å². The summed E-state index contributed by atoms with van der Waals surface area (Å²) in [7, 11) is 0. The molecule has 1 aromatic rings. The molecule has 1 saturated heterocycles. The second-order valence-corrected chi connectivity index (χ2v) is 8.72. The van der Waals surface area contributed by atoms with Crippen molar-refractivity contribution in [2.75, 3.05) is 39.4 Å². The Labute approximate surface area is 190 Å². The number of rotatable bonds is 11. The quantitative estimate of drug-likeness (QED) is 0.182. The minimum atomic E-state index is -0.124. The number of hydrogen-bond acceptors (Lipinski definition) is 4. The molecule has 172 valence electrons. The van der Waals surface area contributed by atoms with Crippen LogP contribution in [-0.4, -0.2) is 62.1 Å². The molecular weight excluding hydrogens is 404 g/mol. The fourth-order valence-electron chi connectivity index (χ4n) is 5.11. The number of likely N-dealkylation sites (tertiary alicyclic amines) is 1. The summed E-state index contributed by atoms with van der Waals surface area (Å²) in [6.07, 6.45) is 6.97. The van der Waals surface area contributed by atoms with E-state index in [1.807, 2.05) is 25.1 Å². The lowest BCUT2D eigenvalue weighted by Crippen LogP contribution is -2.43. The Bertz CT molecular complexity index is 824. The molecule has 1 aromatic carbocycles. The number of nitrogens with one attached hydrogen (secondary N) is 2. The van der Waals surface area contributed by atoms with Gasteiger partial charge in [-0.05, 0) is 43.6 Å². The van der Waals surface area contributed by atoms with Crippen molar-refractivity contribution in [1.82, 2.24) is 15.5 Å². The van der Waals surface area contributed by atoms with E-state index >= 15 is 0 Å². The van der Waals surface area contributed by atoms with Gasteiger partial charge in [-0.1, -0.05) is 42.5 Å². The van der Waals surface area contributed by atoms with Crippen LogP contribution in [-0.2, 0) is 20.7 Å². The van der Waals surface area contributed by atoms with Crippen LogP contribution in [0.4, 0.5) is 0 Å². The van der Waals surface area contributed by atoms with Gasteiger partial charge in [0, 0.05) is 32.8 Å². The molecule has 7 heteroatoms. The lowest BCUT2D eigenvalue weighted by molar-refractivity contribution is -0.140. The van der Waals surface area contributed by atoms with E-state index in [0.717, 1.165) is 25.8 Å². The van der Waals surface area contributed by atoms with Crippen molar-refractivity contribution in [3.8, 4) is 0 Å². The molecule has 2 amide bonds. The SMILES string of the molecule is CCNC(=NCCCOCCc1ccccc1)NCCN1C(=O)C2C3C=CC(C3)C2C1=O. The van der Waals surface area contributed by atoms with E-state index in [1.165, 1.54) is 10.5 Å². The van der Waals surface area contributed by atoms with Gasteiger partial charge in [0.15, 0.2) is 5.96 Å². The number of carbonyl (C=O) groups is 2. The number of fused-ring (bicyclic) bond motifs is 5. The number of nitrogens with zero attached hydrogens (tertiary/aromatic N) is 2. The standard InChI is InChI=1S/C25H34N4O3/c1-2-26-25(27-12-6-15-32-16-11-18-7-4-3-5-8-18)28-13-14-29-23(30)21-19-9-10-20(17-19)22(21)24(29)31/h3-5,7-10,19-22H,2,6,11-17H2,1H3,(H2,26,27,28). The maximum absolute atomic E-state index is 12.8. The molecule has 1 saturated carbocycles. The van der Waals surface area contributed by atoms with E-state index in [-0.39, 0.29) is 35.5 Å². The first-order valence-corrected chi connectivity index (χ1v) is 11.9. The monoisotopic (exact) mass is 438 g/mol. The topological polar surface area (TPSA) is 83.0 Å². The normalized spacial score (nSPS) is 26.2. The van der Waals surface area contributed by atoms with Gasteiger partial charge in [0.1, 0.15) is 0 Å². The van der Waals surface area contributed by atoms with Crippen molar-refractivity contribution in [1.29, 1.82) is 0 Å². The third kappa shape index (κ3) is 5.04. The molecule has 2 fully saturated rings. The van der Waals surface area contributed by atoms with Crippen LogP contribution in [0.3, 0.4) is 0 Å². The maximum atomic E-state index is 12.8. The lowest BCUT2D eigenvalue weighted by Gasteiger charge is -2.18. The van der Waals surface area contributed by atoms with Gasteiger partial charge < -0.3 is 15.4 Å². The molecule has 4 rings (SSSR count). The number of imide groups is 1. The van der Waals surface area contributed by atoms with Gasteiger partial charge in [-0.15, -0.1) is 0 Å². The summed E-state index contributed by atoms with van der Waals surface area (Å²) in [6, 6.07) is 10.3. The fraction of sp³-hybridized carbons (Fsp3) is 0.560. The number of carbonyl (C=O) groups excluding carboxylic acids is 2. The Hall–Kier alpha value is -2.67. The lowest BCUT2D eigenvalue weighted by atomic mass is 9.85. The highest BCUT2D eigenvalue weighted by Gasteiger charge is 2.58. The Balaban J connectivity index is 1.14. The van der Waals surface area contributed by atoms with Crippen molar-refractivity contribution in [2.45, 2.75) is 26.2 Å². The maximum Gasteiger partial charge on any atom is 0.233 e. The third-order valence-corrected chi connectivity index (χ3v) is 6.63. The third-order valence-electron chi connectivity index (χ3n) is 6.63. The van der Waals surface area contributed by atoms with Gasteiger partial charge in [0.2, 0.25) is 11.8 Å². The van der Waals surface area contributed by atoms with Crippen LogP contribution in [0, 0.1) is 23.7 Å². The zero-order valence-electron chi connectivity index (χ0n) is 18.8. The molecule has 0 spiro atoms. The number of hydrogen-bond donors (Lipinski definition) is 2. The van der Waals surface area contributed by atoms with Crippen molar-refractivity contribution in [2.24, 2.45) is 28.7 Å². The van der Waals surface area contributed by atoms with Gasteiger partial charge in [-0.2, -0.15) is 0 Å². The zero-order valence-corrected chi connectivity index (χ0v) is 18.8. The Morgan fingerprint density at radius 2 is 1.78 bits per heavy atom. The van der Waals surface area contributed by atoms with Crippen LogP contribution in [0.2, 0.25) is 0 Å². The minimum absolute atomic E-state index is 0.00763. The van der Waals surface area contributed by atoms with Crippen molar-refractivity contribution < 1.29 is 14.3 Å². The Morgan fingerprint density at radius 3 is 2.47 bits per heavy atom. The van der Waals surface area contributed by atoms with Gasteiger partial charge in [-0.3, -0.25) is 19.5 Å². The van der Waals surface area contributed by atoms with Gasteiger partial charge >= 0.3 is 0 Å². The van der Waals surface area contributed by atoms with Crippen molar-refractivity contribution in [3.05, 3.63) is 48.0 Å². The smallest absolute Gasteiger partial charge is 0.233 e. The van der Waals surface area contributed by atoms with Crippen LogP contribution in [0.15, 0.2) is 47.5 Å². The van der Waals surface area contributed by atoms with Crippen molar-refractivity contribution >= 4 is 17.8 Å². The number of amides is 2. The van der Waals surface area contributed by atoms with Crippen molar-refractivity contribution in [3.63, 3.8) is 0 Å². The number of aliphatic imine (C=N–C) groups is 1. The molecule has 2 N–H and O–H groups in total. The molecule has 2 bridgehead atoms. The molecule has 4 unspecified atom stereocenters. The fourth-order valence-corrected chi connectivity index (χ4v) is 5.11. The predicted octanol–water partition coefficient (Wildman–Crippen LogP) is 2.00. The highest BCUT2D eigenvalue weighted by Crippen LogP contribution is 2.52. The number of ether oxygens (including phenoxy) is 1. The van der Waals surface area contributed by atoms with Gasteiger partial charge in [0.25, 0.3) is 0 Å². The molecule has 0 aromatic heterocycles. The molecule has 2 aliphatic carbocycles. The molecule has 1 aliphatic heterocycles. The highest BCUT2D eigenvalue weighted by atomic mass is 16.5. The summed E-state index contributed by atoms with van der Waals surface area (Å²) < 4.78 is 5.71. The largest absolute Gasteiger partial charge is 0.381 e. The summed E-state index contributed by atoms with van der Waals surface area (Å²) in [5, 5.41) is 6.47. The molecule has 32 heavy (non-hydrogen) atoms. The minimum Gasteiger partial charge on any atom is -0.381 e. The number of guanidine groups is 1. The molecule has 4 atom stereocenters. The van der Waals surface area contributed by atoms with E-state index in [4.69, 9.17) is 4.74 Å². The summed E-state index contributed by atoms with van der Waals surface area (Å²) in [6.45, 7) is 5.69. The van der Waals surface area contributed by atoms with E-state index in [1.54, 1.807) is 0 Å². The second-order valence-electron chi connectivity index (χ2n) is 8.72. The number of allylic oxidation sites excluding steroid dienone is 2. The van der Waals surface area contributed by atoms with Crippen LogP contribution < -0.4 is 10.6 Å². The zero-order chi connectivity index (χ0) is 22.3. The predicted molar refractivity (Wildman–Crippen MR) is 124 cm³/mol. The first-order chi connectivity index (χ1) is 15.7. The molecule has 3 aliphatic rings. The van der Waals surface area contributed by atoms with Crippen LogP contribution in [0.1, 0.15) is 25.3 Å². The average molecular weight is 439 g/mol. The molecule has 1 heterocycles. The van der Waals surface area contributed by atoms with Crippen LogP contribution in [0.25, 0.3) is 0 Å². The van der Waals surface area contributed by atoms with Gasteiger partial charge in [0.05, 0.1) is 18.4 Å². The van der Waals surface area contributed by atoms with Gasteiger partial charge in [-0.25, -0.2) is 0 Å². The molecule has 7 nitrogen and oxygen atoms in total.